The van der Waals surface area contributed by atoms with E-state index in [2.05, 4.69) is 21.0 Å². The highest BCUT2D eigenvalue weighted by Gasteiger charge is 2.14. The lowest BCUT2D eigenvalue weighted by molar-refractivity contribution is 0.386. The molecular formula is C12H12BrFN2O. The Morgan fingerprint density at radius 1 is 1.41 bits per heavy atom. The van der Waals surface area contributed by atoms with Crippen LogP contribution in [0.2, 0.25) is 0 Å². The summed E-state index contributed by atoms with van der Waals surface area (Å²) in [4.78, 5) is 0. The maximum atomic E-state index is 13.6. The second kappa shape index (κ2) is 4.49. The quantitative estimate of drug-likeness (QED) is 0.850. The minimum Gasteiger partial charge on any atom is -0.494 e. The molecule has 90 valence electrons. The van der Waals surface area contributed by atoms with E-state index < -0.39 is 0 Å². The molecule has 17 heavy (non-hydrogen) atoms. The molecule has 0 aliphatic heterocycles. The summed E-state index contributed by atoms with van der Waals surface area (Å²) < 4.78 is 21.1. The zero-order valence-corrected chi connectivity index (χ0v) is 11.4. The first-order valence-corrected chi connectivity index (χ1v) is 5.87. The fourth-order valence-corrected chi connectivity index (χ4v) is 2.15. The summed E-state index contributed by atoms with van der Waals surface area (Å²) >= 11 is 3.46. The molecule has 0 saturated carbocycles. The third-order valence-electron chi connectivity index (χ3n) is 2.69. The average Bonchev–Trinajstić information content (AvgIpc) is 2.57. The fraction of sp³-hybridized carbons (Fsp3) is 0.250. The van der Waals surface area contributed by atoms with Crippen LogP contribution in [0.4, 0.5) is 4.39 Å². The minimum absolute atomic E-state index is 0.234. The molecule has 0 aliphatic carbocycles. The van der Waals surface area contributed by atoms with E-state index in [1.54, 1.807) is 16.8 Å². The van der Waals surface area contributed by atoms with E-state index in [-0.39, 0.29) is 11.6 Å². The van der Waals surface area contributed by atoms with Gasteiger partial charge in [0.05, 0.1) is 11.6 Å². The summed E-state index contributed by atoms with van der Waals surface area (Å²) in [5, 5.41) is 4.34. The molecule has 2 aromatic rings. The van der Waals surface area contributed by atoms with Crippen LogP contribution < -0.4 is 4.74 Å². The lowest BCUT2D eigenvalue weighted by Gasteiger charge is -2.03. The first-order valence-electron chi connectivity index (χ1n) is 5.07. The van der Waals surface area contributed by atoms with Crippen molar-refractivity contribution in [3.8, 4) is 17.0 Å². The number of benzene rings is 1. The Balaban J connectivity index is 2.53. The Morgan fingerprint density at radius 3 is 2.59 bits per heavy atom. The van der Waals surface area contributed by atoms with Crippen LogP contribution in [0.25, 0.3) is 11.3 Å². The van der Waals surface area contributed by atoms with E-state index in [9.17, 15) is 4.39 Å². The zero-order chi connectivity index (χ0) is 12.6. The smallest absolute Gasteiger partial charge is 0.165 e. The predicted molar refractivity (Wildman–Crippen MR) is 67.6 cm³/mol. The van der Waals surface area contributed by atoms with Gasteiger partial charge in [0.2, 0.25) is 0 Å². The summed E-state index contributed by atoms with van der Waals surface area (Å²) in [5.74, 6) is -0.155. The lowest BCUT2D eigenvalue weighted by atomic mass is 10.1. The molecule has 0 bridgehead atoms. The molecule has 1 aromatic heterocycles. The topological polar surface area (TPSA) is 27.1 Å². The Morgan fingerprint density at radius 2 is 2.12 bits per heavy atom. The molecule has 2 rings (SSSR count). The van der Waals surface area contributed by atoms with E-state index in [1.165, 1.54) is 13.2 Å². The summed E-state index contributed by atoms with van der Waals surface area (Å²) in [5.41, 5.74) is 2.45. The molecular weight excluding hydrogens is 287 g/mol. The van der Waals surface area contributed by atoms with Crippen molar-refractivity contribution in [1.82, 2.24) is 9.78 Å². The number of aromatic nitrogens is 2. The van der Waals surface area contributed by atoms with Crippen molar-refractivity contribution in [2.45, 2.75) is 6.92 Å². The number of nitrogens with zero attached hydrogens (tertiary/aromatic N) is 2. The molecule has 0 N–H and O–H groups in total. The second-order valence-corrected chi connectivity index (χ2v) is 4.51. The van der Waals surface area contributed by atoms with E-state index in [0.29, 0.717) is 0 Å². The van der Waals surface area contributed by atoms with E-state index in [4.69, 9.17) is 4.74 Å². The van der Waals surface area contributed by atoms with Crippen molar-refractivity contribution in [2.75, 3.05) is 7.11 Å². The molecule has 0 saturated heterocycles. The van der Waals surface area contributed by atoms with Crippen LogP contribution in [-0.4, -0.2) is 16.9 Å². The molecule has 0 amide bonds. The number of methoxy groups -OCH3 is 1. The van der Waals surface area contributed by atoms with E-state index in [0.717, 1.165) is 21.4 Å². The van der Waals surface area contributed by atoms with Crippen molar-refractivity contribution in [3.63, 3.8) is 0 Å². The molecule has 3 nitrogen and oxygen atoms in total. The van der Waals surface area contributed by atoms with Gasteiger partial charge in [-0.25, -0.2) is 4.39 Å². The van der Waals surface area contributed by atoms with Gasteiger partial charge in [0, 0.05) is 18.3 Å². The molecule has 0 aliphatic rings. The van der Waals surface area contributed by atoms with Crippen molar-refractivity contribution < 1.29 is 9.13 Å². The standard InChI is InChI=1S/C12H12BrFN2O/c1-7-11(13)12(15-16(7)2)8-4-5-10(17-3)9(14)6-8/h4-6H,1-3H3. The molecule has 1 aromatic carbocycles. The van der Waals surface area contributed by atoms with Gasteiger partial charge in [-0.1, -0.05) is 0 Å². The highest BCUT2D eigenvalue weighted by atomic mass is 79.9. The number of hydrogen-bond acceptors (Lipinski definition) is 2. The van der Waals surface area contributed by atoms with Crippen LogP contribution >= 0.6 is 15.9 Å². The minimum atomic E-state index is -0.389. The highest BCUT2D eigenvalue weighted by molar-refractivity contribution is 9.10. The number of rotatable bonds is 2. The number of hydrogen-bond donors (Lipinski definition) is 0. The Bertz CT molecular complexity index is 566. The van der Waals surface area contributed by atoms with Gasteiger partial charge in [0.1, 0.15) is 5.69 Å². The van der Waals surface area contributed by atoms with Crippen molar-refractivity contribution in [2.24, 2.45) is 7.05 Å². The molecule has 0 spiro atoms. The second-order valence-electron chi connectivity index (χ2n) is 3.72. The van der Waals surface area contributed by atoms with Crippen LogP contribution in [0.1, 0.15) is 5.69 Å². The summed E-state index contributed by atoms with van der Waals surface area (Å²) in [6.07, 6.45) is 0. The zero-order valence-electron chi connectivity index (χ0n) is 9.79. The third-order valence-corrected chi connectivity index (χ3v) is 3.64. The lowest BCUT2D eigenvalue weighted by Crippen LogP contribution is -1.93. The van der Waals surface area contributed by atoms with Crippen LogP contribution in [-0.2, 0) is 7.05 Å². The third kappa shape index (κ3) is 2.07. The highest BCUT2D eigenvalue weighted by Crippen LogP contribution is 2.31. The van der Waals surface area contributed by atoms with Crippen molar-refractivity contribution in [1.29, 1.82) is 0 Å². The van der Waals surface area contributed by atoms with Crippen LogP contribution in [0, 0.1) is 12.7 Å². The van der Waals surface area contributed by atoms with Gasteiger partial charge in [-0.2, -0.15) is 5.10 Å². The summed E-state index contributed by atoms with van der Waals surface area (Å²) in [6, 6.07) is 4.81. The largest absolute Gasteiger partial charge is 0.494 e. The monoisotopic (exact) mass is 298 g/mol. The van der Waals surface area contributed by atoms with Gasteiger partial charge < -0.3 is 4.74 Å². The summed E-state index contributed by atoms with van der Waals surface area (Å²) in [6.45, 7) is 1.94. The average molecular weight is 299 g/mol. The summed E-state index contributed by atoms with van der Waals surface area (Å²) in [7, 11) is 3.29. The molecule has 0 atom stereocenters. The van der Waals surface area contributed by atoms with Crippen molar-refractivity contribution >= 4 is 15.9 Å². The maximum Gasteiger partial charge on any atom is 0.165 e. The van der Waals surface area contributed by atoms with Gasteiger partial charge in [-0.3, -0.25) is 4.68 Å². The molecule has 5 heteroatoms. The van der Waals surface area contributed by atoms with E-state index >= 15 is 0 Å². The first kappa shape index (κ1) is 12.1. The number of ether oxygens (including phenoxy) is 1. The fourth-order valence-electron chi connectivity index (χ4n) is 1.58. The maximum absolute atomic E-state index is 13.6. The number of aryl methyl sites for hydroxylation is 1. The SMILES string of the molecule is COc1ccc(-c2nn(C)c(C)c2Br)cc1F. The van der Waals surface area contributed by atoms with Gasteiger partial charge in [-0.15, -0.1) is 0 Å². The predicted octanol–water partition coefficient (Wildman–Crippen LogP) is 3.31. The van der Waals surface area contributed by atoms with Crippen LogP contribution in [0.15, 0.2) is 22.7 Å². The van der Waals surface area contributed by atoms with Crippen LogP contribution in [0.5, 0.6) is 5.75 Å². The molecule has 0 fully saturated rings. The van der Waals surface area contributed by atoms with E-state index in [1.807, 2.05) is 14.0 Å². The number of halogens is 2. The van der Waals surface area contributed by atoms with Gasteiger partial charge in [-0.05, 0) is 41.1 Å². The van der Waals surface area contributed by atoms with Gasteiger partial charge >= 0.3 is 0 Å². The Labute approximate surface area is 107 Å². The first-order chi connectivity index (χ1) is 8.04. The Kier molecular flexibility index (Phi) is 3.19. The van der Waals surface area contributed by atoms with Gasteiger partial charge in [0.15, 0.2) is 11.6 Å². The van der Waals surface area contributed by atoms with Gasteiger partial charge in [0.25, 0.3) is 0 Å². The van der Waals surface area contributed by atoms with Crippen LogP contribution in [0.3, 0.4) is 0 Å². The molecule has 0 radical (unpaired) electrons. The Hall–Kier alpha value is -1.36. The molecule has 0 unspecified atom stereocenters. The molecule has 1 heterocycles. The normalized spacial score (nSPS) is 10.6. The van der Waals surface area contributed by atoms with Crippen molar-refractivity contribution in [3.05, 3.63) is 34.2 Å².